The maximum absolute atomic E-state index is 5.92. The summed E-state index contributed by atoms with van der Waals surface area (Å²) in [5.41, 5.74) is 5.92. The number of nitrogens with zero attached hydrogens (tertiary/aromatic N) is 2. The van der Waals surface area contributed by atoms with Gasteiger partial charge >= 0.3 is 0 Å². The summed E-state index contributed by atoms with van der Waals surface area (Å²) in [6, 6.07) is -0.0310. The Kier molecular flexibility index (Phi) is 3.42. The van der Waals surface area contributed by atoms with Crippen LogP contribution in [0.5, 0.6) is 0 Å². The van der Waals surface area contributed by atoms with Gasteiger partial charge in [-0.2, -0.15) is 5.10 Å². The van der Waals surface area contributed by atoms with Gasteiger partial charge in [0, 0.05) is 6.42 Å². The van der Waals surface area contributed by atoms with Crippen molar-refractivity contribution in [2.75, 3.05) is 0 Å². The van der Waals surface area contributed by atoms with Gasteiger partial charge in [0.1, 0.15) is 5.82 Å². The minimum absolute atomic E-state index is 0.0310. The summed E-state index contributed by atoms with van der Waals surface area (Å²) in [5.74, 6) is 2.23. The first-order chi connectivity index (χ1) is 6.13. The Bertz CT molecular complexity index is 254. The molecule has 0 unspecified atom stereocenters. The van der Waals surface area contributed by atoms with Gasteiger partial charge in [-0.1, -0.05) is 20.8 Å². The molecule has 13 heavy (non-hydrogen) atoms. The molecule has 0 aromatic carbocycles. The fourth-order valence-electron chi connectivity index (χ4n) is 1.25. The minimum Gasteiger partial charge on any atom is -0.321 e. The molecule has 0 radical (unpaired) electrons. The van der Waals surface area contributed by atoms with Gasteiger partial charge in [-0.15, -0.1) is 0 Å². The molecule has 0 saturated heterocycles. The van der Waals surface area contributed by atoms with Crippen molar-refractivity contribution in [1.82, 2.24) is 15.2 Å². The first-order valence-corrected chi connectivity index (χ1v) is 4.80. The second-order valence-corrected chi connectivity index (χ2v) is 3.73. The van der Waals surface area contributed by atoms with Crippen molar-refractivity contribution in [3.63, 3.8) is 0 Å². The van der Waals surface area contributed by atoms with E-state index in [9.17, 15) is 0 Å². The number of aromatic nitrogens is 3. The van der Waals surface area contributed by atoms with Crippen molar-refractivity contribution in [1.29, 1.82) is 0 Å². The molecule has 1 atom stereocenters. The zero-order valence-electron chi connectivity index (χ0n) is 8.54. The SMILES string of the molecule is CCc1nc([C@@H](N)CC(C)C)n[nH]1. The maximum Gasteiger partial charge on any atom is 0.167 e. The van der Waals surface area contributed by atoms with Crippen LogP contribution in [0.4, 0.5) is 0 Å². The number of hydrogen-bond donors (Lipinski definition) is 2. The van der Waals surface area contributed by atoms with Crippen LogP contribution in [-0.2, 0) is 6.42 Å². The van der Waals surface area contributed by atoms with E-state index in [1.165, 1.54) is 0 Å². The summed E-state index contributed by atoms with van der Waals surface area (Å²) in [4.78, 5) is 4.29. The summed E-state index contributed by atoms with van der Waals surface area (Å²) in [5, 5.41) is 6.95. The molecule has 74 valence electrons. The Hall–Kier alpha value is -0.900. The fraction of sp³-hybridized carbons (Fsp3) is 0.778. The number of aryl methyl sites for hydroxylation is 1. The van der Waals surface area contributed by atoms with Gasteiger partial charge in [-0.05, 0) is 12.3 Å². The van der Waals surface area contributed by atoms with Crippen molar-refractivity contribution < 1.29 is 0 Å². The second-order valence-electron chi connectivity index (χ2n) is 3.73. The maximum atomic E-state index is 5.92. The van der Waals surface area contributed by atoms with Crippen molar-refractivity contribution in [3.8, 4) is 0 Å². The van der Waals surface area contributed by atoms with Gasteiger partial charge < -0.3 is 5.73 Å². The highest BCUT2D eigenvalue weighted by Gasteiger charge is 2.12. The van der Waals surface area contributed by atoms with Crippen LogP contribution in [0.1, 0.15) is 44.9 Å². The number of nitrogens with one attached hydrogen (secondary N) is 1. The average Bonchev–Trinajstić information content (AvgIpc) is 2.50. The van der Waals surface area contributed by atoms with Crippen LogP contribution >= 0.6 is 0 Å². The zero-order chi connectivity index (χ0) is 9.84. The fourth-order valence-corrected chi connectivity index (χ4v) is 1.25. The van der Waals surface area contributed by atoms with Crippen LogP contribution in [0.3, 0.4) is 0 Å². The molecule has 0 saturated carbocycles. The molecule has 0 spiro atoms. The highest BCUT2D eigenvalue weighted by molar-refractivity contribution is 4.95. The van der Waals surface area contributed by atoms with E-state index in [2.05, 4.69) is 29.0 Å². The van der Waals surface area contributed by atoms with Crippen molar-refractivity contribution in [2.24, 2.45) is 11.7 Å². The summed E-state index contributed by atoms with van der Waals surface area (Å²) in [7, 11) is 0. The smallest absolute Gasteiger partial charge is 0.167 e. The van der Waals surface area contributed by atoms with E-state index in [1.807, 2.05) is 6.92 Å². The Morgan fingerprint density at radius 3 is 2.62 bits per heavy atom. The van der Waals surface area contributed by atoms with Crippen LogP contribution in [0.2, 0.25) is 0 Å². The monoisotopic (exact) mass is 182 g/mol. The van der Waals surface area contributed by atoms with E-state index in [1.54, 1.807) is 0 Å². The zero-order valence-corrected chi connectivity index (χ0v) is 8.54. The molecular formula is C9H18N4. The molecular weight excluding hydrogens is 164 g/mol. The normalized spacial score (nSPS) is 13.6. The molecule has 0 fully saturated rings. The molecule has 4 heteroatoms. The third-order valence-electron chi connectivity index (χ3n) is 1.94. The number of aromatic amines is 1. The van der Waals surface area contributed by atoms with Crippen LogP contribution in [0.15, 0.2) is 0 Å². The van der Waals surface area contributed by atoms with Gasteiger partial charge in [0.2, 0.25) is 0 Å². The molecule has 1 heterocycles. The minimum atomic E-state index is -0.0310. The van der Waals surface area contributed by atoms with Crippen molar-refractivity contribution >= 4 is 0 Å². The Balaban J connectivity index is 2.60. The quantitative estimate of drug-likeness (QED) is 0.739. The van der Waals surface area contributed by atoms with Crippen molar-refractivity contribution in [2.45, 2.75) is 39.7 Å². The summed E-state index contributed by atoms with van der Waals surface area (Å²) < 4.78 is 0. The Morgan fingerprint density at radius 1 is 1.46 bits per heavy atom. The van der Waals surface area contributed by atoms with Crippen LogP contribution in [0, 0.1) is 5.92 Å². The first-order valence-electron chi connectivity index (χ1n) is 4.80. The van der Waals surface area contributed by atoms with E-state index in [4.69, 9.17) is 5.73 Å². The molecule has 3 N–H and O–H groups in total. The Labute approximate surface area is 78.9 Å². The van der Waals surface area contributed by atoms with Gasteiger partial charge in [0.15, 0.2) is 5.82 Å². The third-order valence-corrected chi connectivity index (χ3v) is 1.94. The largest absolute Gasteiger partial charge is 0.321 e. The predicted octanol–water partition coefficient (Wildman–Crippen LogP) is 1.41. The predicted molar refractivity (Wildman–Crippen MR) is 52.1 cm³/mol. The van der Waals surface area contributed by atoms with Crippen molar-refractivity contribution in [3.05, 3.63) is 11.6 Å². The molecule has 4 nitrogen and oxygen atoms in total. The molecule has 1 rings (SSSR count). The molecule has 1 aromatic rings. The Morgan fingerprint density at radius 2 is 2.15 bits per heavy atom. The van der Waals surface area contributed by atoms with E-state index >= 15 is 0 Å². The van der Waals surface area contributed by atoms with Crippen LogP contribution in [-0.4, -0.2) is 15.2 Å². The van der Waals surface area contributed by atoms with E-state index in [-0.39, 0.29) is 6.04 Å². The van der Waals surface area contributed by atoms with E-state index < -0.39 is 0 Å². The number of H-pyrrole nitrogens is 1. The topological polar surface area (TPSA) is 67.6 Å². The third kappa shape index (κ3) is 2.81. The van der Waals surface area contributed by atoms with E-state index in [0.29, 0.717) is 5.92 Å². The molecule has 0 aliphatic rings. The highest BCUT2D eigenvalue weighted by Crippen LogP contribution is 2.14. The standard InChI is InChI=1S/C9H18N4/c1-4-8-11-9(13-12-8)7(10)5-6(2)3/h6-7H,4-5,10H2,1-3H3,(H,11,12,13)/t7-/m0/s1. The lowest BCUT2D eigenvalue weighted by Gasteiger charge is -2.09. The lowest BCUT2D eigenvalue weighted by molar-refractivity contribution is 0.494. The summed E-state index contributed by atoms with van der Waals surface area (Å²) >= 11 is 0. The number of hydrogen-bond acceptors (Lipinski definition) is 3. The van der Waals surface area contributed by atoms with Gasteiger partial charge in [-0.3, -0.25) is 5.10 Å². The molecule has 0 aliphatic heterocycles. The van der Waals surface area contributed by atoms with E-state index in [0.717, 1.165) is 24.5 Å². The van der Waals surface area contributed by atoms with Gasteiger partial charge in [-0.25, -0.2) is 4.98 Å². The number of rotatable bonds is 4. The van der Waals surface area contributed by atoms with Gasteiger partial charge in [0.25, 0.3) is 0 Å². The van der Waals surface area contributed by atoms with Gasteiger partial charge in [0.05, 0.1) is 6.04 Å². The molecule has 0 aliphatic carbocycles. The highest BCUT2D eigenvalue weighted by atomic mass is 15.2. The lowest BCUT2D eigenvalue weighted by atomic mass is 10.0. The molecule has 1 aromatic heterocycles. The average molecular weight is 182 g/mol. The van der Waals surface area contributed by atoms with Crippen LogP contribution in [0.25, 0.3) is 0 Å². The second kappa shape index (κ2) is 4.37. The summed E-state index contributed by atoms with van der Waals surface area (Å²) in [6.45, 7) is 6.33. The first kappa shape index (κ1) is 10.2. The molecule has 0 bridgehead atoms. The number of nitrogens with two attached hydrogens (primary N) is 1. The summed E-state index contributed by atoms with van der Waals surface area (Å²) in [6.07, 6.45) is 1.81. The lowest BCUT2D eigenvalue weighted by Crippen LogP contribution is -2.14. The van der Waals surface area contributed by atoms with Crippen LogP contribution < -0.4 is 5.73 Å². The molecule has 0 amide bonds.